The van der Waals surface area contributed by atoms with Crippen molar-refractivity contribution in [2.45, 2.75) is 18.6 Å². The van der Waals surface area contributed by atoms with Crippen molar-refractivity contribution >= 4 is 5.69 Å². The Balaban J connectivity index is 2.94. The number of nitrogens with one attached hydrogen (secondary N) is 1. The number of aliphatic hydroxyl groups is 2. The molecule has 1 aromatic rings. The summed E-state index contributed by atoms with van der Waals surface area (Å²) in [6.07, 6.45) is -1.81. The van der Waals surface area contributed by atoms with Gasteiger partial charge < -0.3 is 20.3 Å². The molecule has 0 amide bonds. The van der Waals surface area contributed by atoms with Crippen molar-refractivity contribution in [2.24, 2.45) is 0 Å². The molecule has 0 aliphatic heterocycles. The summed E-state index contributed by atoms with van der Waals surface area (Å²) in [5, 5.41) is 33.4. The number of hydrogen-bond donors (Lipinski definition) is 3. The van der Waals surface area contributed by atoms with Gasteiger partial charge in [0.05, 0.1) is 18.1 Å². The molecule has 0 radical (unpaired) electrons. The highest BCUT2D eigenvalue weighted by Crippen LogP contribution is 2.31. The first-order valence-corrected chi connectivity index (χ1v) is 5.84. The summed E-state index contributed by atoms with van der Waals surface area (Å²) in [6.45, 7) is 0.538. The highest BCUT2D eigenvalue weighted by molar-refractivity contribution is 5.49. The summed E-state index contributed by atoms with van der Waals surface area (Å²) in [5.74, 6) is 0.116. The van der Waals surface area contributed by atoms with Crippen LogP contribution >= 0.6 is 0 Å². The highest BCUT2D eigenvalue weighted by Gasteiger charge is 2.22. The third kappa shape index (κ3) is 3.88. The van der Waals surface area contributed by atoms with Gasteiger partial charge in [-0.2, -0.15) is 0 Å². The zero-order valence-electron chi connectivity index (χ0n) is 10.9. The molecule has 19 heavy (non-hydrogen) atoms. The SMILES string of the molecule is CNCCC(O)C(O)c1ccc(OC)c([N+](=O)[O-])c1. The maximum absolute atomic E-state index is 10.9. The molecule has 0 heterocycles. The van der Waals surface area contributed by atoms with Gasteiger partial charge in [-0.25, -0.2) is 0 Å². The zero-order valence-corrected chi connectivity index (χ0v) is 10.9. The molecule has 7 heteroatoms. The highest BCUT2D eigenvalue weighted by atomic mass is 16.6. The number of nitrogens with zero attached hydrogens (tertiary/aromatic N) is 1. The van der Waals surface area contributed by atoms with Crippen molar-refractivity contribution in [3.05, 3.63) is 33.9 Å². The van der Waals surface area contributed by atoms with Crippen LogP contribution < -0.4 is 10.1 Å². The quantitative estimate of drug-likeness (QED) is 0.495. The molecule has 0 aromatic heterocycles. The predicted octanol–water partition coefficient (Wildman–Crippen LogP) is 0.607. The Labute approximate surface area is 111 Å². The fraction of sp³-hybridized carbons (Fsp3) is 0.500. The molecule has 0 fully saturated rings. The van der Waals surface area contributed by atoms with Gasteiger partial charge >= 0.3 is 5.69 Å². The monoisotopic (exact) mass is 270 g/mol. The van der Waals surface area contributed by atoms with Gasteiger partial charge in [0.2, 0.25) is 0 Å². The van der Waals surface area contributed by atoms with Crippen LogP contribution in [0.1, 0.15) is 18.1 Å². The largest absolute Gasteiger partial charge is 0.490 e. The third-order valence-corrected chi connectivity index (χ3v) is 2.80. The smallest absolute Gasteiger partial charge is 0.311 e. The first-order valence-electron chi connectivity index (χ1n) is 5.84. The Morgan fingerprint density at radius 2 is 2.16 bits per heavy atom. The van der Waals surface area contributed by atoms with E-state index in [0.717, 1.165) is 0 Å². The van der Waals surface area contributed by atoms with E-state index in [4.69, 9.17) is 4.74 Å². The molecule has 2 unspecified atom stereocenters. The molecular weight excluding hydrogens is 252 g/mol. The standard InChI is InChI=1S/C12H18N2O5/c1-13-6-5-10(15)12(16)8-3-4-11(19-2)9(7-8)14(17)18/h3-4,7,10,12-13,15-16H,5-6H2,1-2H3. The molecule has 106 valence electrons. The summed E-state index contributed by atoms with van der Waals surface area (Å²) in [6, 6.07) is 4.12. The third-order valence-electron chi connectivity index (χ3n) is 2.80. The Kier molecular flexibility index (Phi) is 5.68. The lowest BCUT2D eigenvalue weighted by Gasteiger charge is -2.18. The van der Waals surface area contributed by atoms with E-state index in [0.29, 0.717) is 13.0 Å². The van der Waals surface area contributed by atoms with Crippen molar-refractivity contribution in [3.63, 3.8) is 0 Å². The van der Waals surface area contributed by atoms with Gasteiger partial charge in [0.15, 0.2) is 5.75 Å². The van der Waals surface area contributed by atoms with Gasteiger partial charge in [-0.3, -0.25) is 10.1 Å². The van der Waals surface area contributed by atoms with Crippen molar-refractivity contribution < 1.29 is 19.9 Å². The Morgan fingerprint density at radius 1 is 1.47 bits per heavy atom. The van der Waals surface area contributed by atoms with Crippen LogP contribution in [0.15, 0.2) is 18.2 Å². The number of methoxy groups -OCH3 is 1. The van der Waals surface area contributed by atoms with Crippen LogP contribution in [0.3, 0.4) is 0 Å². The number of rotatable bonds is 7. The molecule has 0 saturated carbocycles. The fourth-order valence-electron chi connectivity index (χ4n) is 1.71. The normalized spacial score (nSPS) is 13.9. The van der Waals surface area contributed by atoms with Crippen LogP contribution in [0.25, 0.3) is 0 Å². The van der Waals surface area contributed by atoms with Crippen molar-refractivity contribution in [1.82, 2.24) is 5.32 Å². The van der Waals surface area contributed by atoms with Gasteiger partial charge in [0.1, 0.15) is 6.10 Å². The number of nitro groups is 1. The molecule has 0 spiro atoms. The lowest BCUT2D eigenvalue weighted by atomic mass is 10.0. The summed E-state index contributed by atoms with van der Waals surface area (Å²) >= 11 is 0. The number of benzene rings is 1. The summed E-state index contributed by atoms with van der Waals surface area (Å²) < 4.78 is 4.87. The van der Waals surface area contributed by atoms with Gasteiger partial charge in [-0.15, -0.1) is 0 Å². The van der Waals surface area contributed by atoms with E-state index in [1.54, 1.807) is 7.05 Å². The molecule has 0 saturated heterocycles. The van der Waals surface area contributed by atoms with Gasteiger partial charge in [-0.1, -0.05) is 6.07 Å². The predicted molar refractivity (Wildman–Crippen MR) is 69.2 cm³/mol. The number of ether oxygens (including phenoxy) is 1. The lowest BCUT2D eigenvalue weighted by molar-refractivity contribution is -0.385. The molecule has 0 bridgehead atoms. The Morgan fingerprint density at radius 3 is 2.68 bits per heavy atom. The van der Waals surface area contributed by atoms with Crippen LogP contribution in [-0.4, -0.2) is 41.9 Å². The first kappa shape index (κ1) is 15.4. The number of aliphatic hydroxyl groups excluding tert-OH is 2. The lowest BCUT2D eigenvalue weighted by Crippen LogP contribution is -2.23. The van der Waals surface area contributed by atoms with E-state index in [-0.39, 0.29) is 17.0 Å². The van der Waals surface area contributed by atoms with E-state index in [1.807, 2.05) is 0 Å². The Hall–Kier alpha value is -1.70. The molecule has 0 aliphatic rings. The zero-order chi connectivity index (χ0) is 14.4. The maximum atomic E-state index is 10.9. The van der Waals surface area contributed by atoms with Gasteiger partial charge in [-0.05, 0) is 31.6 Å². The minimum absolute atomic E-state index is 0.116. The molecule has 1 aromatic carbocycles. The second-order valence-electron chi connectivity index (χ2n) is 4.09. The molecule has 0 aliphatic carbocycles. The van der Waals surface area contributed by atoms with Gasteiger partial charge in [0, 0.05) is 6.07 Å². The van der Waals surface area contributed by atoms with Crippen LogP contribution in [-0.2, 0) is 0 Å². The van der Waals surface area contributed by atoms with E-state index < -0.39 is 17.1 Å². The van der Waals surface area contributed by atoms with Crippen molar-refractivity contribution in [2.75, 3.05) is 20.7 Å². The second kappa shape index (κ2) is 7.03. The van der Waals surface area contributed by atoms with Crippen LogP contribution in [0.4, 0.5) is 5.69 Å². The van der Waals surface area contributed by atoms with Crippen LogP contribution in [0.2, 0.25) is 0 Å². The molecule has 7 nitrogen and oxygen atoms in total. The number of nitro benzene ring substituents is 1. The van der Waals surface area contributed by atoms with E-state index >= 15 is 0 Å². The van der Waals surface area contributed by atoms with E-state index in [2.05, 4.69) is 5.32 Å². The minimum Gasteiger partial charge on any atom is -0.490 e. The van der Waals surface area contributed by atoms with E-state index in [9.17, 15) is 20.3 Å². The molecule has 3 N–H and O–H groups in total. The minimum atomic E-state index is -1.17. The maximum Gasteiger partial charge on any atom is 0.311 e. The summed E-state index contributed by atoms with van der Waals surface area (Å²) in [5.41, 5.74) is 0.0518. The first-order chi connectivity index (χ1) is 9.01. The second-order valence-corrected chi connectivity index (χ2v) is 4.09. The average Bonchev–Trinajstić information content (AvgIpc) is 2.42. The fourth-order valence-corrected chi connectivity index (χ4v) is 1.71. The molecule has 1 rings (SSSR count). The Bertz CT molecular complexity index is 438. The topological polar surface area (TPSA) is 105 Å². The van der Waals surface area contributed by atoms with Crippen LogP contribution in [0, 0.1) is 10.1 Å². The van der Waals surface area contributed by atoms with Crippen molar-refractivity contribution in [1.29, 1.82) is 0 Å². The van der Waals surface area contributed by atoms with Crippen molar-refractivity contribution in [3.8, 4) is 5.75 Å². The van der Waals surface area contributed by atoms with E-state index in [1.165, 1.54) is 25.3 Å². The average molecular weight is 270 g/mol. The van der Waals surface area contributed by atoms with Crippen LogP contribution in [0.5, 0.6) is 5.75 Å². The molecular formula is C12H18N2O5. The summed E-state index contributed by atoms with van der Waals surface area (Å²) in [7, 11) is 3.07. The van der Waals surface area contributed by atoms with Gasteiger partial charge in [0.25, 0.3) is 0 Å². The number of hydrogen-bond acceptors (Lipinski definition) is 6. The summed E-state index contributed by atoms with van der Waals surface area (Å²) in [4.78, 5) is 10.3. The molecule has 2 atom stereocenters.